The van der Waals surface area contributed by atoms with Gasteiger partial charge in [0, 0.05) is 7.05 Å². The van der Waals surface area contributed by atoms with Gasteiger partial charge in [0.25, 0.3) is 0 Å². The molecule has 2 aromatic rings. The molecule has 0 unspecified atom stereocenters. The van der Waals surface area contributed by atoms with Gasteiger partial charge in [-0.15, -0.1) is 10.2 Å². The van der Waals surface area contributed by atoms with Crippen molar-refractivity contribution in [1.29, 1.82) is 0 Å². The van der Waals surface area contributed by atoms with E-state index in [1.165, 1.54) is 23.1 Å². The maximum Gasteiger partial charge on any atom is 0.223 e. The molecule has 0 aromatic carbocycles. The van der Waals surface area contributed by atoms with Crippen LogP contribution in [-0.4, -0.2) is 27.2 Å². The molecule has 2 aromatic heterocycles. The zero-order valence-corrected chi connectivity index (χ0v) is 10.0. The van der Waals surface area contributed by atoms with Crippen molar-refractivity contribution in [3.63, 3.8) is 0 Å². The third kappa shape index (κ3) is 2.55. The predicted molar refractivity (Wildman–Crippen MR) is 60.6 cm³/mol. The Bertz CT molecular complexity index is 447. The SMILES string of the molecule is CNc1ncc(Cl)c(Sc2nncs2)n1. The minimum absolute atomic E-state index is 0.509. The second-order valence-electron chi connectivity index (χ2n) is 2.40. The zero-order chi connectivity index (χ0) is 10.7. The zero-order valence-electron chi connectivity index (χ0n) is 7.64. The maximum absolute atomic E-state index is 5.95. The molecule has 0 radical (unpaired) electrons. The number of aromatic nitrogens is 4. The van der Waals surface area contributed by atoms with Crippen LogP contribution in [0.5, 0.6) is 0 Å². The summed E-state index contributed by atoms with van der Waals surface area (Å²) < 4.78 is 0.803. The fourth-order valence-electron chi connectivity index (χ4n) is 0.834. The molecule has 0 aliphatic rings. The maximum atomic E-state index is 5.95. The molecule has 2 heterocycles. The average Bonchev–Trinajstić information content (AvgIpc) is 2.74. The first-order valence-corrected chi connectivity index (χ1v) is 6.01. The van der Waals surface area contributed by atoms with Gasteiger partial charge in [-0.25, -0.2) is 9.97 Å². The smallest absolute Gasteiger partial charge is 0.223 e. The van der Waals surface area contributed by atoms with Crippen molar-refractivity contribution in [2.75, 3.05) is 12.4 Å². The van der Waals surface area contributed by atoms with Gasteiger partial charge in [-0.05, 0) is 11.8 Å². The van der Waals surface area contributed by atoms with Crippen molar-refractivity contribution in [2.45, 2.75) is 9.37 Å². The third-order valence-electron chi connectivity index (χ3n) is 1.46. The second-order valence-corrected chi connectivity index (χ2v) is 4.88. The highest BCUT2D eigenvalue weighted by molar-refractivity contribution is 8.01. The number of halogens is 1. The van der Waals surface area contributed by atoms with Gasteiger partial charge in [-0.1, -0.05) is 22.9 Å². The summed E-state index contributed by atoms with van der Waals surface area (Å²) in [6.45, 7) is 0. The van der Waals surface area contributed by atoms with Crippen LogP contribution >= 0.6 is 34.7 Å². The summed E-state index contributed by atoms with van der Waals surface area (Å²) >= 11 is 8.77. The van der Waals surface area contributed by atoms with E-state index in [-0.39, 0.29) is 0 Å². The van der Waals surface area contributed by atoms with E-state index in [9.17, 15) is 0 Å². The molecule has 0 bridgehead atoms. The summed E-state index contributed by atoms with van der Waals surface area (Å²) in [6, 6.07) is 0. The molecule has 0 aliphatic heterocycles. The van der Waals surface area contributed by atoms with Crippen molar-refractivity contribution in [3.8, 4) is 0 Å². The van der Waals surface area contributed by atoms with Crippen LogP contribution in [-0.2, 0) is 0 Å². The van der Waals surface area contributed by atoms with Gasteiger partial charge in [0.2, 0.25) is 5.95 Å². The monoisotopic (exact) mass is 259 g/mol. The molecule has 1 N–H and O–H groups in total. The van der Waals surface area contributed by atoms with Gasteiger partial charge in [-0.3, -0.25) is 0 Å². The lowest BCUT2D eigenvalue weighted by Gasteiger charge is -2.02. The fourth-order valence-corrected chi connectivity index (χ4v) is 2.41. The molecule has 2 rings (SSSR count). The largest absolute Gasteiger partial charge is 0.357 e. The topological polar surface area (TPSA) is 63.6 Å². The highest BCUT2D eigenvalue weighted by atomic mass is 35.5. The molecular weight excluding hydrogens is 254 g/mol. The lowest BCUT2D eigenvalue weighted by atomic mass is 10.6. The van der Waals surface area contributed by atoms with Crippen LogP contribution in [0.15, 0.2) is 21.1 Å². The van der Waals surface area contributed by atoms with Gasteiger partial charge in [0.05, 0.1) is 11.2 Å². The molecule has 78 valence electrons. The second kappa shape index (κ2) is 4.73. The standard InChI is InChI=1S/C7H6ClN5S2/c1-9-6-10-2-4(8)5(12-6)15-7-13-11-3-14-7/h2-3H,1H3,(H,9,10,12). The van der Waals surface area contributed by atoms with E-state index in [2.05, 4.69) is 25.5 Å². The number of hydrogen-bond acceptors (Lipinski definition) is 7. The summed E-state index contributed by atoms with van der Waals surface area (Å²) in [5, 5.41) is 11.7. The summed E-state index contributed by atoms with van der Waals surface area (Å²) in [7, 11) is 1.75. The Morgan fingerprint density at radius 2 is 2.40 bits per heavy atom. The Morgan fingerprint density at radius 1 is 1.53 bits per heavy atom. The van der Waals surface area contributed by atoms with Crippen LogP contribution in [0.25, 0.3) is 0 Å². The Labute approximate surface area is 99.3 Å². The van der Waals surface area contributed by atoms with Gasteiger partial charge >= 0.3 is 0 Å². The first-order valence-electron chi connectivity index (χ1n) is 3.94. The van der Waals surface area contributed by atoms with E-state index >= 15 is 0 Å². The van der Waals surface area contributed by atoms with Crippen LogP contribution in [0.1, 0.15) is 0 Å². The predicted octanol–water partition coefficient (Wildman–Crippen LogP) is 2.17. The number of rotatable bonds is 3. The van der Waals surface area contributed by atoms with Crippen LogP contribution in [0.4, 0.5) is 5.95 Å². The Balaban J connectivity index is 2.27. The van der Waals surface area contributed by atoms with E-state index < -0.39 is 0 Å². The quantitative estimate of drug-likeness (QED) is 0.853. The van der Waals surface area contributed by atoms with E-state index in [1.807, 2.05) is 0 Å². The molecule has 0 amide bonds. The van der Waals surface area contributed by atoms with Crippen LogP contribution < -0.4 is 5.32 Å². The number of hydrogen-bond donors (Lipinski definition) is 1. The van der Waals surface area contributed by atoms with Crippen LogP contribution in [0, 0.1) is 0 Å². The van der Waals surface area contributed by atoms with Gasteiger partial charge in [0.15, 0.2) is 4.34 Å². The van der Waals surface area contributed by atoms with Gasteiger partial charge < -0.3 is 5.32 Å². The van der Waals surface area contributed by atoms with Crippen molar-refractivity contribution >= 4 is 40.6 Å². The minimum Gasteiger partial charge on any atom is -0.357 e. The van der Waals surface area contributed by atoms with Crippen molar-refractivity contribution in [2.24, 2.45) is 0 Å². The number of nitrogens with one attached hydrogen (secondary N) is 1. The molecule has 0 fully saturated rings. The van der Waals surface area contributed by atoms with Crippen LogP contribution in [0.2, 0.25) is 5.02 Å². The van der Waals surface area contributed by atoms with Crippen molar-refractivity contribution < 1.29 is 0 Å². The molecule has 8 heteroatoms. The highest BCUT2D eigenvalue weighted by Crippen LogP contribution is 2.32. The van der Waals surface area contributed by atoms with E-state index in [1.54, 1.807) is 18.8 Å². The molecule has 0 saturated heterocycles. The van der Waals surface area contributed by atoms with Crippen molar-refractivity contribution in [3.05, 3.63) is 16.7 Å². The first kappa shape index (κ1) is 10.6. The molecular formula is C7H6ClN5S2. The first-order chi connectivity index (χ1) is 7.29. The van der Waals surface area contributed by atoms with Crippen molar-refractivity contribution in [1.82, 2.24) is 20.2 Å². The summed E-state index contributed by atoms with van der Waals surface area (Å²) in [5.74, 6) is 0.534. The molecule has 0 aliphatic carbocycles. The highest BCUT2D eigenvalue weighted by Gasteiger charge is 2.08. The third-order valence-corrected chi connectivity index (χ3v) is 3.63. The average molecular weight is 260 g/mol. The van der Waals surface area contributed by atoms with Gasteiger partial charge in [0.1, 0.15) is 10.5 Å². The van der Waals surface area contributed by atoms with Crippen LogP contribution in [0.3, 0.4) is 0 Å². The summed E-state index contributed by atoms with van der Waals surface area (Å²) in [5.41, 5.74) is 1.66. The molecule has 0 atom stereocenters. The van der Waals surface area contributed by atoms with E-state index in [4.69, 9.17) is 11.6 Å². The lowest BCUT2D eigenvalue weighted by Crippen LogP contribution is -1.96. The normalized spacial score (nSPS) is 10.3. The Morgan fingerprint density at radius 3 is 3.07 bits per heavy atom. The van der Waals surface area contributed by atoms with E-state index in [0.29, 0.717) is 16.0 Å². The number of nitrogens with zero attached hydrogens (tertiary/aromatic N) is 4. The fraction of sp³-hybridized carbons (Fsp3) is 0.143. The molecule has 5 nitrogen and oxygen atoms in total. The minimum atomic E-state index is 0.509. The van der Waals surface area contributed by atoms with E-state index in [0.717, 1.165) is 4.34 Å². The molecule has 0 saturated carbocycles. The lowest BCUT2D eigenvalue weighted by molar-refractivity contribution is 0.999. The van der Waals surface area contributed by atoms with Gasteiger partial charge in [-0.2, -0.15) is 0 Å². The molecule has 15 heavy (non-hydrogen) atoms. The summed E-state index contributed by atoms with van der Waals surface area (Å²) in [6.07, 6.45) is 1.56. The summed E-state index contributed by atoms with van der Waals surface area (Å²) in [4.78, 5) is 8.20. The Kier molecular flexibility index (Phi) is 3.34. The molecule has 0 spiro atoms. The Hall–Kier alpha value is -0.920. The number of anilines is 1.